The molecule has 3 rings (SSSR count). The summed E-state index contributed by atoms with van der Waals surface area (Å²) < 4.78 is 24.8. The largest absolute Gasteiger partial charge is 0.270 e. The first kappa shape index (κ1) is 25.4. The fourth-order valence-corrected chi connectivity index (χ4v) is 6.43. The highest BCUT2D eigenvalue weighted by molar-refractivity contribution is 5.50. The molecule has 0 spiro atoms. The molecule has 2 heteroatoms. The van der Waals surface area contributed by atoms with Gasteiger partial charge in [-0.1, -0.05) is 102 Å². The van der Waals surface area contributed by atoms with Crippen molar-refractivity contribution < 1.29 is 8.78 Å². The average Bonchev–Trinajstić information content (AvgIpc) is 2.81. The molecule has 2 aliphatic rings. The highest BCUT2D eigenvalue weighted by Crippen LogP contribution is 2.44. The van der Waals surface area contributed by atoms with Crippen LogP contribution in [-0.2, 0) is 0 Å². The van der Waals surface area contributed by atoms with Gasteiger partial charge in [-0.2, -0.15) is 8.78 Å². The Balaban J connectivity index is 1.28. The summed E-state index contributed by atoms with van der Waals surface area (Å²) in [7, 11) is 0. The van der Waals surface area contributed by atoms with E-state index in [9.17, 15) is 8.78 Å². The highest BCUT2D eigenvalue weighted by atomic mass is 19.3. The molecule has 32 heavy (non-hydrogen) atoms. The van der Waals surface area contributed by atoms with Crippen LogP contribution in [-0.4, -0.2) is 0 Å². The van der Waals surface area contributed by atoms with E-state index in [1.165, 1.54) is 115 Å². The molecule has 0 radical (unpaired) electrons. The molecule has 0 heterocycles. The van der Waals surface area contributed by atoms with Crippen molar-refractivity contribution in [2.24, 2.45) is 17.8 Å². The van der Waals surface area contributed by atoms with Crippen LogP contribution in [0.1, 0.15) is 133 Å². The lowest BCUT2D eigenvalue weighted by Gasteiger charge is -2.38. The van der Waals surface area contributed by atoms with Crippen LogP contribution < -0.4 is 0 Å². The van der Waals surface area contributed by atoms with Gasteiger partial charge in [0.25, 0.3) is 6.08 Å². The molecule has 2 fully saturated rings. The molecule has 0 unspecified atom stereocenters. The number of hydrogen-bond acceptors (Lipinski definition) is 0. The van der Waals surface area contributed by atoms with Crippen LogP contribution >= 0.6 is 0 Å². The zero-order valence-electron chi connectivity index (χ0n) is 20.5. The summed E-state index contributed by atoms with van der Waals surface area (Å²) in [6.07, 6.45) is 23.4. The van der Waals surface area contributed by atoms with Crippen molar-refractivity contribution >= 4 is 6.08 Å². The van der Waals surface area contributed by atoms with Gasteiger partial charge < -0.3 is 0 Å². The van der Waals surface area contributed by atoms with Gasteiger partial charge in [0.05, 0.1) is 0 Å². The molecule has 0 amide bonds. The van der Waals surface area contributed by atoms with Crippen molar-refractivity contribution in [1.29, 1.82) is 0 Å². The van der Waals surface area contributed by atoms with E-state index in [0.29, 0.717) is 11.5 Å². The molecule has 0 bridgehead atoms. The van der Waals surface area contributed by atoms with Gasteiger partial charge in [-0.3, -0.25) is 0 Å². The van der Waals surface area contributed by atoms with Crippen LogP contribution in [0.5, 0.6) is 0 Å². The van der Waals surface area contributed by atoms with E-state index in [1.807, 2.05) is 12.1 Å². The Hall–Kier alpha value is -1.18. The number of benzene rings is 1. The maximum absolute atomic E-state index is 12.4. The second-order valence-electron chi connectivity index (χ2n) is 10.8. The van der Waals surface area contributed by atoms with E-state index in [-0.39, 0.29) is 0 Å². The highest BCUT2D eigenvalue weighted by Gasteiger charge is 2.31. The predicted molar refractivity (Wildman–Crippen MR) is 134 cm³/mol. The van der Waals surface area contributed by atoms with Gasteiger partial charge in [0, 0.05) is 6.08 Å². The molecular weight excluding hydrogens is 398 g/mol. The zero-order chi connectivity index (χ0) is 22.6. The van der Waals surface area contributed by atoms with Crippen molar-refractivity contribution in [3.63, 3.8) is 0 Å². The predicted octanol–water partition coefficient (Wildman–Crippen LogP) is 10.5. The number of rotatable bonds is 12. The van der Waals surface area contributed by atoms with Gasteiger partial charge in [0.1, 0.15) is 0 Å². The van der Waals surface area contributed by atoms with Crippen LogP contribution in [0.15, 0.2) is 30.3 Å². The van der Waals surface area contributed by atoms with E-state index in [0.717, 1.165) is 23.8 Å². The van der Waals surface area contributed by atoms with E-state index >= 15 is 0 Å². The first-order valence-corrected chi connectivity index (χ1v) is 13.8. The van der Waals surface area contributed by atoms with Crippen molar-refractivity contribution in [3.05, 3.63) is 41.5 Å². The van der Waals surface area contributed by atoms with Crippen LogP contribution in [0, 0.1) is 17.8 Å². The summed E-state index contributed by atoms with van der Waals surface area (Å²) in [5, 5.41) is 0. The Morgan fingerprint density at radius 2 is 1.25 bits per heavy atom. The standard InChI is InChI=1S/C30H46F2/c1-2-3-4-5-6-7-8-9-10-24-11-15-26(16-12-24)28-19-21-29(22-20-28)27-17-13-25(14-18-27)23-30(31)32/h13-14,17-18,23-24,26,28-29H,2-12,15-16,19-22H2,1H3. The van der Waals surface area contributed by atoms with E-state index < -0.39 is 6.08 Å². The van der Waals surface area contributed by atoms with Crippen LogP contribution in [0.2, 0.25) is 0 Å². The summed E-state index contributed by atoms with van der Waals surface area (Å²) in [5.41, 5.74) is 1.94. The minimum atomic E-state index is -1.62. The maximum atomic E-state index is 12.4. The van der Waals surface area contributed by atoms with Crippen molar-refractivity contribution in [2.45, 2.75) is 122 Å². The topological polar surface area (TPSA) is 0 Å². The molecule has 0 nitrogen and oxygen atoms in total. The Morgan fingerprint density at radius 1 is 0.719 bits per heavy atom. The fourth-order valence-electron chi connectivity index (χ4n) is 6.43. The van der Waals surface area contributed by atoms with Crippen LogP contribution in [0.25, 0.3) is 6.08 Å². The molecule has 0 aromatic heterocycles. The third-order valence-corrected chi connectivity index (χ3v) is 8.48. The first-order valence-electron chi connectivity index (χ1n) is 13.8. The monoisotopic (exact) mass is 444 g/mol. The molecule has 1 aromatic carbocycles. The smallest absolute Gasteiger partial charge is 0.173 e. The van der Waals surface area contributed by atoms with Gasteiger partial charge in [-0.15, -0.1) is 0 Å². The zero-order valence-corrected chi connectivity index (χ0v) is 20.5. The minimum absolute atomic E-state index is 0.603. The lowest BCUT2D eigenvalue weighted by Crippen LogP contribution is -2.25. The molecule has 2 saturated carbocycles. The Kier molecular flexibility index (Phi) is 11.3. The Morgan fingerprint density at radius 3 is 1.81 bits per heavy atom. The van der Waals surface area contributed by atoms with E-state index in [2.05, 4.69) is 19.1 Å². The second kappa shape index (κ2) is 14.2. The summed E-state index contributed by atoms with van der Waals surface area (Å²) >= 11 is 0. The summed E-state index contributed by atoms with van der Waals surface area (Å²) in [4.78, 5) is 0. The van der Waals surface area contributed by atoms with Gasteiger partial charge in [0.15, 0.2) is 0 Å². The maximum Gasteiger partial charge on any atom is 0.270 e. The number of halogens is 2. The lowest BCUT2D eigenvalue weighted by atomic mass is 9.68. The second-order valence-corrected chi connectivity index (χ2v) is 10.8. The number of hydrogen-bond donors (Lipinski definition) is 0. The summed E-state index contributed by atoms with van der Waals surface area (Å²) in [5.74, 6) is 3.52. The molecule has 0 atom stereocenters. The molecule has 0 aliphatic heterocycles. The average molecular weight is 445 g/mol. The quantitative estimate of drug-likeness (QED) is 0.281. The lowest BCUT2D eigenvalue weighted by molar-refractivity contribution is 0.155. The van der Waals surface area contributed by atoms with Gasteiger partial charge in [-0.25, -0.2) is 0 Å². The van der Waals surface area contributed by atoms with Crippen LogP contribution in [0.4, 0.5) is 8.78 Å². The molecule has 1 aromatic rings. The van der Waals surface area contributed by atoms with Crippen molar-refractivity contribution in [1.82, 2.24) is 0 Å². The fraction of sp³-hybridized carbons (Fsp3) is 0.733. The third-order valence-electron chi connectivity index (χ3n) is 8.48. The number of unbranched alkanes of at least 4 members (excludes halogenated alkanes) is 7. The minimum Gasteiger partial charge on any atom is -0.173 e. The Labute approximate surface area is 196 Å². The van der Waals surface area contributed by atoms with Crippen molar-refractivity contribution in [3.8, 4) is 0 Å². The van der Waals surface area contributed by atoms with Crippen molar-refractivity contribution in [2.75, 3.05) is 0 Å². The van der Waals surface area contributed by atoms with Gasteiger partial charge >= 0.3 is 0 Å². The summed E-state index contributed by atoms with van der Waals surface area (Å²) in [6.45, 7) is 2.29. The molecule has 0 N–H and O–H groups in total. The normalized spacial score (nSPS) is 26.1. The van der Waals surface area contributed by atoms with E-state index in [1.54, 1.807) is 0 Å². The summed E-state index contributed by atoms with van der Waals surface area (Å²) in [6, 6.07) is 7.81. The molecule has 0 saturated heterocycles. The third kappa shape index (κ3) is 8.64. The first-order chi connectivity index (χ1) is 15.7. The van der Waals surface area contributed by atoms with Crippen LogP contribution in [0.3, 0.4) is 0 Å². The molecule has 2 aliphatic carbocycles. The van der Waals surface area contributed by atoms with Gasteiger partial charge in [-0.05, 0) is 73.3 Å². The molecule has 180 valence electrons. The Bertz CT molecular complexity index is 642. The van der Waals surface area contributed by atoms with Gasteiger partial charge in [0.2, 0.25) is 0 Å². The SMILES string of the molecule is CCCCCCCCCCC1CCC(C2CCC(c3ccc(C=C(F)F)cc3)CC2)CC1. The molecular formula is C30H46F2. The van der Waals surface area contributed by atoms with E-state index in [4.69, 9.17) is 0 Å².